The lowest BCUT2D eigenvalue weighted by Gasteiger charge is -2.07. The van der Waals surface area contributed by atoms with Crippen molar-refractivity contribution in [3.05, 3.63) is 58.6 Å². The Morgan fingerprint density at radius 1 is 1.00 bits per heavy atom. The molecule has 0 atom stereocenters. The molecule has 0 spiro atoms. The summed E-state index contributed by atoms with van der Waals surface area (Å²) in [5.41, 5.74) is 0.430. The maximum absolute atomic E-state index is 12.1. The lowest BCUT2D eigenvalue weighted by Crippen LogP contribution is -2.17. The van der Waals surface area contributed by atoms with E-state index < -0.39 is 15.7 Å². The standard InChI is InChI=1S/C15H13Cl2NO3S/c16-11-8-12(17)10-13(9-11)18-15(19)6-7-22(20,21)14-4-2-1-3-5-14/h1-5,8-10H,6-7H2,(H,18,19). The molecular weight excluding hydrogens is 345 g/mol. The van der Waals surface area contributed by atoms with Crippen LogP contribution in [-0.2, 0) is 14.6 Å². The summed E-state index contributed by atoms with van der Waals surface area (Å²) in [5, 5.41) is 3.35. The smallest absolute Gasteiger partial charge is 0.225 e. The van der Waals surface area contributed by atoms with E-state index in [9.17, 15) is 13.2 Å². The molecule has 4 nitrogen and oxygen atoms in total. The molecule has 0 unspecified atom stereocenters. The molecule has 0 heterocycles. The first-order chi connectivity index (χ1) is 10.4. The van der Waals surface area contributed by atoms with E-state index in [-0.39, 0.29) is 17.1 Å². The molecule has 0 radical (unpaired) electrons. The van der Waals surface area contributed by atoms with Crippen molar-refractivity contribution in [3.63, 3.8) is 0 Å². The predicted octanol–water partition coefficient (Wildman–Crippen LogP) is 3.80. The second-order valence-corrected chi connectivity index (χ2v) is 7.57. The maximum atomic E-state index is 12.1. The number of hydrogen-bond acceptors (Lipinski definition) is 3. The molecule has 0 fully saturated rings. The van der Waals surface area contributed by atoms with Crippen molar-refractivity contribution in [1.29, 1.82) is 0 Å². The number of carbonyl (C=O) groups is 1. The molecule has 0 aromatic heterocycles. The molecule has 2 aromatic carbocycles. The number of benzene rings is 2. The third-order valence-electron chi connectivity index (χ3n) is 2.85. The monoisotopic (exact) mass is 357 g/mol. The van der Waals surface area contributed by atoms with Gasteiger partial charge in [0.1, 0.15) is 0 Å². The highest BCUT2D eigenvalue weighted by Crippen LogP contribution is 2.22. The van der Waals surface area contributed by atoms with Gasteiger partial charge in [-0.1, -0.05) is 41.4 Å². The van der Waals surface area contributed by atoms with Gasteiger partial charge >= 0.3 is 0 Å². The fourth-order valence-electron chi connectivity index (χ4n) is 1.82. The van der Waals surface area contributed by atoms with Gasteiger partial charge in [-0.05, 0) is 30.3 Å². The van der Waals surface area contributed by atoms with Gasteiger partial charge in [-0.15, -0.1) is 0 Å². The van der Waals surface area contributed by atoms with Gasteiger partial charge in [-0.3, -0.25) is 4.79 Å². The quantitative estimate of drug-likeness (QED) is 0.884. The molecule has 0 aliphatic heterocycles. The number of rotatable bonds is 5. The van der Waals surface area contributed by atoms with Crippen molar-refractivity contribution < 1.29 is 13.2 Å². The Labute approximate surface area is 139 Å². The first kappa shape index (κ1) is 16.8. The average molecular weight is 358 g/mol. The molecule has 0 aliphatic carbocycles. The molecule has 7 heteroatoms. The van der Waals surface area contributed by atoms with E-state index in [1.165, 1.54) is 24.3 Å². The minimum Gasteiger partial charge on any atom is -0.326 e. The van der Waals surface area contributed by atoms with Crippen LogP contribution in [0.15, 0.2) is 53.4 Å². The predicted molar refractivity (Wildman–Crippen MR) is 88.2 cm³/mol. The van der Waals surface area contributed by atoms with Crippen molar-refractivity contribution in [1.82, 2.24) is 0 Å². The molecule has 22 heavy (non-hydrogen) atoms. The molecule has 2 rings (SSSR count). The van der Waals surface area contributed by atoms with Gasteiger partial charge in [0.15, 0.2) is 9.84 Å². The highest BCUT2D eigenvalue weighted by molar-refractivity contribution is 7.91. The normalized spacial score (nSPS) is 11.2. The summed E-state index contributed by atoms with van der Waals surface area (Å²) in [6.07, 6.45) is -0.151. The number of anilines is 1. The molecular formula is C15H13Cl2NO3S. The minimum atomic E-state index is -3.48. The van der Waals surface area contributed by atoms with Crippen LogP contribution >= 0.6 is 23.2 Å². The molecule has 2 aromatic rings. The first-order valence-corrected chi connectivity index (χ1v) is 8.81. The van der Waals surface area contributed by atoms with Crippen LogP contribution in [0, 0.1) is 0 Å². The van der Waals surface area contributed by atoms with Crippen LogP contribution in [-0.4, -0.2) is 20.1 Å². The average Bonchev–Trinajstić information content (AvgIpc) is 2.45. The second kappa shape index (κ2) is 7.13. The lowest BCUT2D eigenvalue weighted by atomic mass is 10.3. The minimum absolute atomic E-state index is 0.151. The zero-order valence-electron chi connectivity index (χ0n) is 11.4. The molecule has 0 bridgehead atoms. The number of amides is 1. The molecule has 0 aliphatic rings. The van der Waals surface area contributed by atoms with Gasteiger partial charge in [0.2, 0.25) is 5.91 Å². The van der Waals surface area contributed by atoms with Gasteiger partial charge in [-0.25, -0.2) is 8.42 Å². The van der Waals surface area contributed by atoms with Crippen LogP contribution in [0.5, 0.6) is 0 Å². The van der Waals surface area contributed by atoms with Crippen molar-refractivity contribution in [2.75, 3.05) is 11.1 Å². The van der Waals surface area contributed by atoms with E-state index in [2.05, 4.69) is 5.32 Å². The lowest BCUT2D eigenvalue weighted by molar-refractivity contribution is -0.115. The van der Waals surface area contributed by atoms with Crippen LogP contribution in [0.3, 0.4) is 0 Å². The van der Waals surface area contributed by atoms with E-state index in [4.69, 9.17) is 23.2 Å². The number of carbonyl (C=O) groups excluding carboxylic acids is 1. The maximum Gasteiger partial charge on any atom is 0.225 e. The summed E-state index contributed by atoms with van der Waals surface area (Å²) >= 11 is 11.7. The van der Waals surface area contributed by atoms with Crippen molar-refractivity contribution in [2.45, 2.75) is 11.3 Å². The molecule has 0 saturated carbocycles. The highest BCUT2D eigenvalue weighted by Gasteiger charge is 2.16. The van der Waals surface area contributed by atoms with Crippen molar-refractivity contribution in [3.8, 4) is 0 Å². The third-order valence-corrected chi connectivity index (χ3v) is 5.01. The third kappa shape index (κ3) is 4.73. The zero-order chi connectivity index (χ0) is 16.2. The first-order valence-electron chi connectivity index (χ1n) is 6.40. The summed E-state index contributed by atoms with van der Waals surface area (Å²) in [5.74, 6) is -0.685. The van der Waals surface area contributed by atoms with E-state index in [1.807, 2.05) is 0 Å². The van der Waals surface area contributed by atoms with Gasteiger partial charge in [0, 0.05) is 22.2 Å². The van der Waals surface area contributed by atoms with Crippen molar-refractivity contribution >= 4 is 44.6 Å². The summed E-state index contributed by atoms with van der Waals surface area (Å²) in [7, 11) is -3.48. The number of hydrogen-bond donors (Lipinski definition) is 1. The molecule has 1 N–H and O–H groups in total. The van der Waals surface area contributed by atoms with E-state index >= 15 is 0 Å². The summed E-state index contributed by atoms with van der Waals surface area (Å²) in [6.45, 7) is 0. The van der Waals surface area contributed by atoms with Crippen LogP contribution in [0.25, 0.3) is 0 Å². The van der Waals surface area contributed by atoms with Gasteiger partial charge in [0.05, 0.1) is 10.6 Å². The molecule has 0 saturated heterocycles. The molecule has 1 amide bonds. The van der Waals surface area contributed by atoms with Gasteiger partial charge < -0.3 is 5.32 Å². The highest BCUT2D eigenvalue weighted by atomic mass is 35.5. The number of sulfone groups is 1. The van der Waals surface area contributed by atoms with Crippen LogP contribution in [0.1, 0.15) is 6.42 Å². The fraction of sp³-hybridized carbons (Fsp3) is 0.133. The van der Waals surface area contributed by atoms with Crippen LogP contribution < -0.4 is 5.32 Å². The largest absolute Gasteiger partial charge is 0.326 e. The van der Waals surface area contributed by atoms with Crippen molar-refractivity contribution in [2.24, 2.45) is 0 Å². The Morgan fingerprint density at radius 2 is 1.59 bits per heavy atom. The Kier molecular flexibility index (Phi) is 5.45. The van der Waals surface area contributed by atoms with Gasteiger partial charge in [0.25, 0.3) is 0 Å². The number of halogens is 2. The molecule has 116 valence electrons. The van der Waals surface area contributed by atoms with Crippen LogP contribution in [0.4, 0.5) is 5.69 Å². The van der Waals surface area contributed by atoms with Crippen LogP contribution in [0.2, 0.25) is 10.0 Å². The summed E-state index contributed by atoms with van der Waals surface area (Å²) in [6, 6.07) is 12.6. The Balaban J connectivity index is 1.98. The Hall–Kier alpha value is -1.56. The Bertz CT molecular complexity index is 756. The van der Waals surface area contributed by atoms with E-state index in [0.29, 0.717) is 15.7 Å². The van der Waals surface area contributed by atoms with Gasteiger partial charge in [-0.2, -0.15) is 0 Å². The van der Waals surface area contributed by atoms with E-state index in [0.717, 1.165) is 0 Å². The summed E-state index contributed by atoms with van der Waals surface area (Å²) in [4.78, 5) is 12.1. The zero-order valence-corrected chi connectivity index (χ0v) is 13.8. The van der Waals surface area contributed by atoms with E-state index in [1.54, 1.807) is 24.3 Å². The topological polar surface area (TPSA) is 63.2 Å². The second-order valence-electron chi connectivity index (χ2n) is 4.59. The Morgan fingerprint density at radius 3 is 2.18 bits per heavy atom. The summed E-state index contributed by atoms with van der Waals surface area (Å²) < 4.78 is 24.2. The SMILES string of the molecule is O=C(CCS(=O)(=O)c1ccccc1)Nc1cc(Cl)cc(Cl)c1. The fourth-order valence-corrected chi connectivity index (χ4v) is 3.61. The number of nitrogens with one attached hydrogen (secondary N) is 1.